The number of benzene rings is 1. The van der Waals surface area contributed by atoms with Crippen LogP contribution >= 0.6 is 0 Å². The van der Waals surface area contributed by atoms with Crippen LogP contribution in [0, 0.1) is 5.92 Å². The minimum absolute atomic E-state index is 0.0228. The van der Waals surface area contributed by atoms with Crippen molar-refractivity contribution in [1.29, 1.82) is 0 Å². The number of H-pyrrole nitrogens is 1. The largest absolute Gasteiger partial charge is 0.393 e. The minimum Gasteiger partial charge on any atom is -0.393 e. The summed E-state index contributed by atoms with van der Waals surface area (Å²) in [6.07, 6.45) is 2.83. The first-order valence-electron chi connectivity index (χ1n) is 7.78. The van der Waals surface area contributed by atoms with Crippen molar-refractivity contribution in [3.05, 3.63) is 42.1 Å². The predicted molar refractivity (Wildman–Crippen MR) is 83.8 cm³/mol. The third-order valence-corrected chi connectivity index (χ3v) is 4.17. The van der Waals surface area contributed by atoms with Crippen molar-refractivity contribution < 1.29 is 9.90 Å². The number of aromatic amines is 1. The van der Waals surface area contributed by atoms with Crippen LogP contribution in [0.1, 0.15) is 31.4 Å². The first kappa shape index (κ1) is 14.8. The summed E-state index contributed by atoms with van der Waals surface area (Å²) in [4.78, 5) is 12.1. The zero-order chi connectivity index (χ0) is 15.4. The van der Waals surface area contributed by atoms with Crippen LogP contribution in [0.3, 0.4) is 0 Å². The van der Waals surface area contributed by atoms with Crippen molar-refractivity contribution in [2.24, 2.45) is 5.92 Å². The fourth-order valence-corrected chi connectivity index (χ4v) is 2.94. The van der Waals surface area contributed by atoms with Gasteiger partial charge in [0.2, 0.25) is 5.91 Å². The average Bonchev–Trinajstić information content (AvgIpc) is 3.02. The van der Waals surface area contributed by atoms with Crippen molar-refractivity contribution >= 4 is 5.91 Å². The summed E-state index contributed by atoms with van der Waals surface area (Å²) >= 11 is 0. The summed E-state index contributed by atoms with van der Waals surface area (Å²) in [5.74, 6) is -0.0464. The fourth-order valence-electron chi connectivity index (χ4n) is 2.94. The Kier molecular flexibility index (Phi) is 4.53. The molecule has 1 aliphatic carbocycles. The molecule has 1 aromatic heterocycles. The lowest BCUT2D eigenvalue weighted by atomic mass is 9.87. The summed E-state index contributed by atoms with van der Waals surface area (Å²) in [5.41, 5.74) is 2.80. The second kappa shape index (κ2) is 6.75. The zero-order valence-corrected chi connectivity index (χ0v) is 12.5. The normalized spacial score (nSPS) is 21.5. The lowest BCUT2D eigenvalue weighted by Crippen LogP contribution is -2.34. The van der Waals surface area contributed by atoms with E-state index in [-0.39, 0.29) is 17.9 Å². The molecule has 3 rings (SSSR count). The predicted octanol–water partition coefficient (Wildman–Crippen LogP) is 2.24. The van der Waals surface area contributed by atoms with E-state index in [0.717, 1.165) is 36.2 Å². The quantitative estimate of drug-likeness (QED) is 0.810. The molecule has 0 spiro atoms. The molecule has 0 radical (unpaired) electrons. The van der Waals surface area contributed by atoms with Gasteiger partial charge in [-0.05, 0) is 25.3 Å². The highest BCUT2D eigenvalue weighted by molar-refractivity contribution is 5.78. The van der Waals surface area contributed by atoms with E-state index in [0.29, 0.717) is 13.0 Å². The Bertz CT molecular complexity index is 624. The number of aliphatic hydroxyl groups excluding tert-OH is 1. The Hall–Kier alpha value is -2.14. The van der Waals surface area contributed by atoms with Gasteiger partial charge in [0.25, 0.3) is 0 Å². The summed E-state index contributed by atoms with van der Waals surface area (Å²) in [6, 6.07) is 11.9. The van der Waals surface area contributed by atoms with Gasteiger partial charge in [0.15, 0.2) is 0 Å². The van der Waals surface area contributed by atoms with Gasteiger partial charge in [-0.25, -0.2) is 0 Å². The lowest BCUT2D eigenvalue weighted by molar-refractivity contribution is -0.127. The number of carbonyl (C=O) groups excluding carboxylic acids is 1. The SMILES string of the molecule is O=C(NCc1cc(-c2ccccc2)n[nH]1)[C@H]1CCC[C@H](O)C1. The van der Waals surface area contributed by atoms with Gasteiger partial charge < -0.3 is 10.4 Å². The van der Waals surface area contributed by atoms with E-state index in [4.69, 9.17) is 0 Å². The number of nitrogens with one attached hydrogen (secondary N) is 2. The highest BCUT2D eigenvalue weighted by Gasteiger charge is 2.25. The first-order chi connectivity index (χ1) is 10.7. The molecule has 1 fully saturated rings. The molecule has 0 bridgehead atoms. The molecule has 0 unspecified atom stereocenters. The minimum atomic E-state index is -0.332. The van der Waals surface area contributed by atoms with E-state index in [1.54, 1.807) is 0 Å². The molecular weight excluding hydrogens is 278 g/mol. The Morgan fingerprint density at radius 2 is 2.14 bits per heavy atom. The van der Waals surface area contributed by atoms with E-state index in [1.807, 2.05) is 36.4 Å². The second-order valence-corrected chi connectivity index (χ2v) is 5.88. The molecule has 2 aromatic rings. The van der Waals surface area contributed by atoms with Gasteiger partial charge >= 0.3 is 0 Å². The van der Waals surface area contributed by atoms with E-state index < -0.39 is 0 Å². The van der Waals surface area contributed by atoms with Crippen molar-refractivity contribution in [2.45, 2.75) is 38.3 Å². The molecule has 2 atom stereocenters. The van der Waals surface area contributed by atoms with Crippen molar-refractivity contribution in [1.82, 2.24) is 15.5 Å². The summed E-state index contributed by atoms with van der Waals surface area (Å²) in [6.45, 7) is 0.436. The number of carbonyl (C=O) groups is 1. The van der Waals surface area contributed by atoms with Crippen LogP contribution in [0.4, 0.5) is 0 Å². The third-order valence-electron chi connectivity index (χ3n) is 4.17. The van der Waals surface area contributed by atoms with Gasteiger partial charge in [-0.15, -0.1) is 0 Å². The number of aliphatic hydroxyl groups is 1. The summed E-state index contributed by atoms with van der Waals surface area (Å²) in [5, 5.41) is 19.8. The van der Waals surface area contributed by atoms with Crippen molar-refractivity contribution in [3.63, 3.8) is 0 Å². The van der Waals surface area contributed by atoms with E-state index in [1.165, 1.54) is 0 Å². The molecule has 1 aliphatic rings. The van der Waals surface area contributed by atoms with Crippen molar-refractivity contribution in [3.8, 4) is 11.3 Å². The van der Waals surface area contributed by atoms with Crippen LogP contribution in [-0.2, 0) is 11.3 Å². The Labute approximate surface area is 129 Å². The molecule has 1 aromatic carbocycles. The highest BCUT2D eigenvalue weighted by atomic mass is 16.3. The zero-order valence-electron chi connectivity index (χ0n) is 12.5. The summed E-state index contributed by atoms with van der Waals surface area (Å²) in [7, 11) is 0. The first-order valence-corrected chi connectivity index (χ1v) is 7.78. The maximum atomic E-state index is 12.1. The average molecular weight is 299 g/mol. The Morgan fingerprint density at radius 1 is 1.32 bits per heavy atom. The molecule has 1 amide bonds. The topological polar surface area (TPSA) is 78.0 Å². The number of hydrogen-bond donors (Lipinski definition) is 3. The van der Waals surface area contributed by atoms with Crippen LogP contribution in [0.5, 0.6) is 0 Å². The molecular formula is C17H21N3O2. The maximum absolute atomic E-state index is 12.1. The van der Waals surface area contributed by atoms with Gasteiger partial charge in [-0.3, -0.25) is 9.89 Å². The third kappa shape index (κ3) is 3.54. The number of amides is 1. The van der Waals surface area contributed by atoms with Crippen LogP contribution in [0.25, 0.3) is 11.3 Å². The molecule has 0 saturated heterocycles. The highest BCUT2D eigenvalue weighted by Crippen LogP contribution is 2.24. The second-order valence-electron chi connectivity index (χ2n) is 5.88. The van der Waals surface area contributed by atoms with Crippen LogP contribution in [-0.4, -0.2) is 27.3 Å². The van der Waals surface area contributed by atoms with Gasteiger partial charge in [0.05, 0.1) is 24.0 Å². The smallest absolute Gasteiger partial charge is 0.223 e. The van der Waals surface area contributed by atoms with Gasteiger partial charge in [0, 0.05) is 11.5 Å². The Balaban J connectivity index is 1.56. The molecule has 5 heteroatoms. The van der Waals surface area contributed by atoms with E-state index in [2.05, 4.69) is 15.5 Å². The number of nitrogens with zero attached hydrogens (tertiary/aromatic N) is 1. The monoisotopic (exact) mass is 299 g/mol. The molecule has 0 aliphatic heterocycles. The molecule has 5 nitrogen and oxygen atoms in total. The van der Waals surface area contributed by atoms with Crippen molar-refractivity contribution in [2.75, 3.05) is 0 Å². The van der Waals surface area contributed by atoms with Crippen LogP contribution in [0.15, 0.2) is 36.4 Å². The van der Waals surface area contributed by atoms with Gasteiger partial charge in [-0.2, -0.15) is 5.10 Å². The summed E-state index contributed by atoms with van der Waals surface area (Å²) < 4.78 is 0. The molecule has 3 N–H and O–H groups in total. The fraction of sp³-hybridized carbons (Fsp3) is 0.412. The van der Waals surface area contributed by atoms with Crippen LogP contribution in [0.2, 0.25) is 0 Å². The van der Waals surface area contributed by atoms with E-state index >= 15 is 0 Å². The Morgan fingerprint density at radius 3 is 2.91 bits per heavy atom. The maximum Gasteiger partial charge on any atom is 0.223 e. The van der Waals surface area contributed by atoms with Crippen LogP contribution < -0.4 is 5.32 Å². The molecule has 1 saturated carbocycles. The number of hydrogen-bond acceptors (Lipinski definition) is 3. The number of aromatic nitrogens is 2. The van der Waals surface area contributed by atoms with Gasteiger partial charge in [0.1, 0.15) is 0 Å². The van der Waals surface area contributed by atoms with Gasteiger partial charge in [-0.1, -0.05) is 36.8 Å². The molecule has 22 heavy (non-hydrogen) atoms. The molecule has 116 valence electrons. The number of rotatable bonds is 4. The molecule has 1 heterocycles. The van der Waals surface area contributed by atoms with E-state index in [9.17, 15) is 9.90 Å². The lowest BCUT2D eigenvalue weighted by Gasteiger charge is -2.24. The standard InChI is InChI=1S/C17H21N3O2/c21-15-8-4-7-13(9-15)17(22)18-11-14-10-16(20-19-14)12-5-2-1-3-6-12/h1-3,5-6,10,13,15,21H,4,7-9,11H2,(H,18,22)(H,19,20)/t13-,15-/m0/s1.